The van der Waals surface area contributed by atoms with E-state index < -0.39 is 10.8 Å². The van der Waals surface area contributed by atoms with Gasteiger partial charge in [-0.25, -0.2) is 0 Å². The Morgan fingerprint density at radius 2 is 1.95 bits per heavy atom. The summed E-state index contributed by atoms with van der Waals surface area (Å²) >= 11 is 1.69. The highest BCUT2D eigenvalue weighted by Crippen LogP contribution is 2.24. The van der Waals surface area contributed by atoms with E-state index in [-0.39, 0.29) is 0 Å². The molecular formula is C15H17NO2S2. The molecule has 0 heterocycles. The van der Waals surface area contributed by atoms with Gasteiger partial charge in [0, 0.05) is 22.1 Å². The van der Waals surface area contributed by atoms with Gasteiger partial charge in [-0.15, -0.1) is 11.8 Å². The Bertz CT molecular complexity index is 588. The predicted molar refractivity (Wildman–Crippen MR) is 85.8 cm³/mol. The topological polar surface area (TPSA) is 52.3 Å². The molecule has 0 saturated heterocycles. The quantitative estimate of drug-likeness (QED) is 0.658. The lowest BCUT2D eigenvalue weighted by Crippen LogP contribution is -2.04. The number of anilines is 1. The van der Waals surface area contributed by atoms with Crippen LogP contribution in [-0.2, 0) is 10.8 Å². The second-order valence-corrected chi connectivity index (χ2v) is 6.82. The lowest BCUT2D eigenvalue weighted by molar-refractivity contribution is 0.413. The van der Waals surface area contributed by atoms with Crippen LogP contribution in [0.1, 0.15) is 0 Å². The van der Waals surface area contributed by atoms with E-state index in [9.17, 15) is 4.21 Å². The van der Waals surface area contributed by atoms with E-state index in [1.54, 1.807) is 37.1 Å². The predicted octanol–water partition coefficient (Wildman–Crippen LogP) is 3.18. The maximum atomic E-state index is 12.3. The van der Waals surface area contributed by atoms with E-state index in [0.29, 0.717) is 22.1 Å². The van der Waals surface area contributed by atoms with Gasteiger partial charge in [0.05, 0.1) is 22.8 Å². The summed E-state index contributed by atoms with van der Waals surface area (Å²) in [5.74, 6) is 2.03. The van der Waals surface area contributed by atoms with Gasteiger partial charge in [0.2, 0.25) is 0 Å². The van der Waals surface area contributed by atoms with E-state index in [4.69, 9.17) is 10.5 Å². The van der Waals surface area contributed by atoms with Crippen molar-refractivity contribution in [2.45, 2.75) is 9.79 Å². The molecular weight excluding hydrogens is 290 g/mol. The Morgan fingerprint density at radius 1 is 1.20 bits per heavy atom. The second kappa shape index (κ2) is 7.36. The summed E-state index contributed by atoms with van der Waals surface area (Å²) in [6.45, 7) is 0. The van der Waals surface area contributed by atoms with Crippen LogP contribution in [0.2, 0.25) is 0 Å². The summed E-state index contributed by atoms with van der Waals surface area (Å²) in [4.78, 5) is 1.83. The van der Waals surface area contributed by atoms with Gasteiger partial charge in [-0.2, -0.15) is 0 Å². The first-order valence-corrected chi connectivity index (χ1v) is 8.51. The van der Waals surface area contributed by atoms with E-state index in [0.717, 1.165) is 5.75 Å². The third kappa shape index (κ3) is 4.02. The number of hydrogen-bond donors (Lipinski definition) is 1. The standard InChI is InChI=1S/C15H17NO2S2/c1-18-12-7-8-14(16)15(11-12)20(17)10-9-19-13-5-3-2-4-6-13/h2-8,11H,9-10,16H2,1H3. The van der Waals surface area contributed by atoms with Crippen LogP contribution < -0.4 is 10.5 Å². The average molecular weight is 307 g/mol. The minimum atomic E-state index is -1.11. The van der Waals surface area contributed by atoms with Gasteiger partial charge in [0.1, 0.15) is 5.75 Å². The number of nitrogens with two attached hydrogens (primary N) is 1. The van der Waals surface area contributed by atoms with Crippen LogP contribution in [-0.4, -0.2) is 22.8 Å². The molecule has 0 aliphatic heterocycles. The molecule has 0 amide bonds. The molecule has 1 unspecified atom stereocenters. The molecule has 2 N–H and O–H groups in total. The monoisotopic (exact) mass is 307 g/mol. The van der Waals surface area contributed by atoms with Crippen molar-refractivity contribution >= 4 is 28.2 Å². The molecule has 106 valence electrons. The number of nitrogen functional groups attached to an aromatic ring is 1. The Labute approximate surface area is 126 Å². The van der Waals surface area contributed by atoms with E-state index in [1.807, 2.05) is 30.3 Å². The van der Waals surface area contributed by atoms with Gasteiger partial charge in [-0.3, -0.25) is 4.21 Å². The van der Waals surface area contributed by atoms with Crippen LogP contribution in [0.5, 0.6) is 5.75 Å². The first-order chi connectivity index (χ1) is 9.70. The molecule has 20 heavy (non-hydrogen) atoms. The van der Waals surface area contributed by atoms with Gasteiger partial charge < -0.3 is 10.5 Å². The molecule has 0 aliphatic rings. The van der Waals surface area contributed by atoms with E-state index in [1.165, 1.54) is 4.90 Å². The van der Waals surface area contributed by atoms with Crippen molar-refractivity contribution in [1.29, 1.82) is 0 Å². The molecule has 0 spiro atoms. The summed E-state index contributed by atoms with van der Waals surface area (Å²) in [5.41, 5.74) is 6.42. The zero-order valence-corrected chi connectivity index (χ0v) is 12.9. The number of ether oxygens (including phenoxy) is 1. The molecule has 2 rings (SSSR count). The fraction of sp³-hybridized carbons (Fsp3) is 0.200. The van der Waals surface area contributed by atoms with Crippen LogP contribution in [0, 0.1) is 0 Å². The van der Waals surface area contributed by atoms with Crippen molar-refractivity contribution < 1.29 is 8.95 Å². The number of benzene rings is 2. The highest BCUT2D eigenvalue weighted by Gasteiger charge is 2.09. The number of methoxy groups -OCH3 is 1. The van der Waals surface area contributed by atoms with Gasteiger partial charge in [-0.05, 0) is 30.3 Å². The van der Waals surface area contributed by atoms with Crippen LogP contribution >= 0.6 is 11.8 Å². The molecule has 2 aromatic rings. The number of rotatable bonds is 6. The molecule has 0 radical (unpaired) electrons. The molecule has 0 aliphatic carbocycles. The minimum absolute atomic E-state index is 0.550. The Morgan fingerprint density at radius 3 is 2.65 bits per heavy atom. The fourth-order valence-electron chi connectivity index (χ4n) is 1.70. The molecule has 0 saturated carbocycles. The Balaban J connectivity index is 1.95. The van der Waals surface area contributed by atoms with Crippen molar-refractivity contribution in [3.63, 3.8) is 0 Å². The lowest BCUT2D eigenvalue weighted by atomic mass is 10.3. The van der Waals surface area contributed by atoms with Crippen LogP contribution in [0.4, 0.5) is 5.69 Å². The Kier molecular flexibility index (Phi) is 5.49. The summed E-state index contributed by atoms with van der Waals surface area (Å²) in [6.07, 6.45) is 0. The molecule has 0 fully saturated rings. The molecule has 5 heteroatoms. The zero-order chi connectivity index (χ0) is 14.4. The molecule has 0 aromatic heterocycles. The highest BCUT2D eigenvalue weighted by atomic mass is 32.2. The zero-order valence-electron chi connectivity index (χ0n) is 11.2. The first-order valence-electron chi connectivity index (χ1n) is 6.20. The second-order valence-electron chi connectivity index (χ2n) is 4.11. The van der Waals surface area contributed by atoms with Crippen LogP contribution in [0.15, 0.2) is 58.3 Å². The van der Waals surface area contributed by atoms with E-state index >= 15 is 0 Å². The van der Waals surface area contributed by atoms with Gasteiger partial charge in [-0.1, -0.05) is 18.2 Å². The summed E-state index contributed by atoms with van der Waals surface area (Å²) in [5, 5.41) is 0. The summed E-state index contributed by atoms with van der Waals surface area (Å²) in [7, 11) is 0.480. The maximum absolute atomic E-state index is 12.3. The third-order valence-electron chi connectivity index (χ3n) is 2.75. The minimum Gasteiger partial charge on any atom is -0.497 e. The smallest absolute Gasteiger partial charge is 0.120 e. The van der Waals surface area contributed by atoms with Crippen LogP contribution in [0.25, 0.3) is 0 Å². The highest BCUT2D eigenvalue weighted by molar-refractivity contribution is 8.00. The Hall–Kier alpha value is -1.46. The summed E-state index contributed by atoms with van der Waals surface area (Å²) in [6, 6.07) is 15.3. The van der Waals surface area contributed by atoms with Crippen molar-refractivity contribution in [1.82, 2.24) is 0 Å². The van der Waals surface area contributed by atoms with Gasteiger partial charge in [0.25, 0.3) is 0 Å². The molecule has 3 nitrogen and oxygen atoms in total. The van der Waals surface area contributed by atoms with Crippen molar-refractivity contribution in [2.24, 2.45) is 0 Å². The van der Waals surface area contributed by atoms with Crippen molar-refractivity contribution in [2.75, 3.05) is 24.3 Å². The van der Waals surface area contributed by atoms with Crippen LogP contribution in [0.3, 0.4) is 0 Å². The maximum Gasteiger partial charge on any atom is 0.120 e. The first kappa shape index (κ1) is 14.9. The van der Waals surface area contributed by atoms with Gasteiger partial charge >= 0.3 is 0 Å². The molecule has 0 bridgehead atoms. The molecule has 1 atom stereocenters. The largest absolute Gasteiger partial charge is 0.497 e. The third-order valence-corrected chi connectivity index (χ3v) is 5.44. The van der Waals surface area contributed by atoms with E-state index in [2.05, 4.69) is 0 Å². The van der Waals surface area contributed by atoms with Crippen molar-refractivity contribution in [3.8, 4) is 5.75 Å². The summed E-state index contributed by atoms with van der Waals surface area (Å²) < 4.78 is 17.4. The average Bonchev–Trinajstić information content (AvgIpc) is 2.48. The number of hydrogen-bond acceptors (Lipinski definition) is 4. The van der Waals surface area contributed by atoms with Crippen molar-refractivity contribution in [3.05, 3.63) is 48.5 Å². The fourth-order valence-corrected chi connectivity index (χ4v) is 4.02. The normalized spacial score (nSPS) is 12.1. The van der Waals surface area contributed by atoms with Gasteiger partial charge in [0.15, 0.2) is 0 Å². The molecule has 2 aromatic carbocycles. The SMILES string of the molecule is COc1ccc(N)c(S(=O)CCSc2ccccc2)c1. The number of thioether (sulfide) groups is 1. The lowest BCUT2D eigenvalue weighted by Gasteiger charge is -2.08.